The fourth-order valence-corrected chi connectivity index (χ4v) is 8.33. The van der Waals surface area contributed by atoms with Crippen molar-refractivity contribution >= 4 is 63.9 Å². The van der Waals surface area contributed by atoms with E-state index in [9.17, 15) is 19.8 Å². The summed E-state index contributed by atoms with van der Waals surface area (Å²) in [7, 11) is 6.80. The number of anilines is 1. The molecule has 1 saturated heterocycles. The van der Waals surface area contributed by atoms with Crippen molar-refractivity contribution in [2.45, 2.75) is 12.2 Å². The lowest BCUT2D eigenvalue weighted by Crippen LogP contribution is -2.47. The van der Waals surface area contributed by atoms with E-state index in [4.69, 9.17) is 34.4 Å². The number of nitrogens with two attached hydrogens (primary N) is 1. The molecule has 1 fully saturated rings. The molecule has 3 aromatic heterocycles. The number of aromatic amines is 1. The summed E-state index contributed by atoms with van der Waals surface area (Å²) >= 11 is 0. The molecule has 2 amide bonds. The third-order valence-corrected chi connectivity index (χ3v) is 11.6. The Morgan fingerprint density at radius 3 is 1.89 bits per heavy atom. The standard InChI is InChI=1S/C25H28N8O5.C21H26N8O4/c1-36-21-19(38-13-16(34)12-32-6-8-37-9-7-32)3-2-17-20(21)30-25(33-5-4-26-23(17)33)31-24(35)15-10-18-22(27-11-15)29-14-28-18;1-28(2)10-13(30)11-33-15-5-4-14-16(17(15)32-3)26-21(29-7-6-23-18(14)29)27-19(31)12-8-24-20(22)25-9-12/h2-3,10-11,14,16,34H,4-9,12-13H2,1H3,(H,27,28,29)(H,30,31,35);4-5,8-9,13,30H,6-7,10-11H2,1-3H3,(H2,22,24,25)(H,26,27,31)/t16-;13-/m11/s1. The lowest BCUT2D eigenvalue weighted by Gasteiger charge is -2.29. The number of aliphatic imine (C=N–C) groups is 4. The minimum atomic E-state index is -0.678. The molecule has 5 aliphatic heterocycles. The number of aliphatic hydroxyl groups excluding tert-OH is 2. The first-order valence-electron chi connectivity index (χ1n) is 22.8. The number of carbonyl (C=O) groups excluding carboxylic acids is 2. The number of nitrogen functional groups attached to an aromatic ring is 1. The van der Waals surface area contributed by atoms with Crippen LogP contribution < -0.4 is 35.3 Å². The Hall–Kier alpha value is -7.84. The van der Waals surface area contributed by atoms with Gasteiger partial charge in [-0.05, 0) is 44.4 Å². The highest BCUT2D eigenvalue weighted by molar-refractivity contribution is 6.21. The second-order valence-electron chi connectivity index (χ2n) is 16.9. The molecule has 8 heterocycles. The van der Waals surface area contributed by atoms with Gasteiger partial charge in [0, 0.05) is 69.0 Å². The number of nitrogens with zero attached hydrogens (tertiary/aromatic N) is 12. The molecule has 71 heavy (non-hydrogen) atoms. The summed E-state index contributed by atoms with van der Waals surface area (Å²) in [4.78, 5) is 71.3. The van der Waals surface area contributed by atoms with E-state index in [0.717, 1.165) is 24.2 Å². The number of β-amino-alcohol motifs (C(OH)–C–C–N with tert-alkyl or cyclic N) is 1. The van der Waals surface area contributed by atoms with Gasteiger partial charge in [0.05, 0.1) is 58.0 Å². The predicted octanol–water partition coefficient (Wildman–Crippen LogP) is 0.394. The quantitative estimate of drug-likeness (QED) is 0.0877. The molecule has 5 aliphatic rings. The zero-order chi connectivity index (χ0) is 49.6. The second kappa shape index (κ2) is 21.4. The van der Waals surface area contributed by atoms with Gasteiger partial charge in [-0.15, -0.1) is 0 Å². The molecule has 2 atom stereocenters. The number of rotatable bonds is 14. The number of ether oxygens (including phenoxy) is 5. The minimum absolute atomic E-state index is 0.0809. The van der Waals surface area contributed by atoms with Crippen molar-refractivity contribution in [2.75, 3.05) is 113 Å². The van der Waals surface area contributed by atoms with E-state index in [2.05, 4.69) is 55.4 Å². The highest BCUT2D eigenvalue weighted by Crippen LogP contribution is 2.44. The Labute approximate surface area is 407 Å². The van der Waals surface area contributed by atoms with Crippen LogP contribution in [0.1, 0.15) is 31.8 Å². The van der Waals surface area contributed by atoms with Gasteiger partial charge in [0.2, 0.25) is 17.9 Å². The Morgan fingerprint density at radius 2 is 1.32 bits per heavy atom. The minimum Gasteiger partial charge on any atom is -0.491 e. The van der Waals surface area contributed by atoms with E-state index in [0.29, 0.717) is 127 Å². The molecule has 2 aromatic carbocycles. The number of benzene rings is 2. The van der Waals surface area contributed by atoms with Gasteiger partial charge in [0.1, 0.15) is 54.0 Å². The number of hydrogen-bond acceptors (Lipinski definition) is 22. The van der Waals surface area contributed by atoms with Gasteiger partial charge in [-0.1, -0.05) is 0 Å². The number of fused-ring (bicyclic) bond motifs is 7. The SMILES string of the molecule is COc1c(OC[C@H](O)CN(C)C)ccc2c1N=C(NC(=O)c1cnc(N)nc1)N1CCN=C21.COc1c(OC[C@H](O)CN2CCOCC2)ccc2c1N=C(NC(=O)c1cnc3[nH]cnc3c1)N1CCN=C21. The number of likely N-dealkylation sites (N-methyl/N-ethyl adjacent to an activating group) is 1. The Kier molecular flexibility index (Phi) is 14.5. The third-order valence-electron chi connectivity index (χ3n) is 11.6. The molecule has 0 spiro atoms. The molecule has 5 aromatic rings. The van der Waals surface area contributed by atoms with Gasteiger partial charge in [-0.3, -0.25) is 44.9 Å². The first-order valence-corrected chi connectivity index (χ1v) is 22.8. The summed E-state index contributed by atoms with van der Waals surface area (Å²) in [5.74, 6) is 2.98. The largest absolute Gasteiger partial charge is 0.491 e. The first-order chi connectivity index (χ1) is 34.5. The van der Waals surface area contributed by atoms with Crippen LogP contribution >= 0.6 is 0 Å². The summed E-state index contributed by atoms with van der Waals surface area (Å²) in [6, 6.07) is 8.94. The molecule has 25 heteroatoms. The number of nitrogens with one attached hydrogen (secondary N) is 3. The molecule has 372 valence electrons. The number of pyridine rings is 1. The molecule has 7 N–H and O–H groups in total. The zero-order valence-electron chi connectivity index (χ0n) is 39.5. The Morgan fingerprint density at radius 1 is 0.775 bits per heavy atom. The van der Waals surface area contributed by atoms with Gasteiger partial charge in [-0.25, -0.2) is 29.9 Å². The van der Waals surface area contributed by atoms with E-state index in [-0.39, 0.29) is 30.6 Å². The zero-order valence-corrected chi connectivity index (χ0v) is 39.5. The Bertz CT molecular complexity index is 2900. The maximum absolute atomic E-state index is 13.1. The number of imidazole rings is 1. The summed E-state index contributed by atoms with van der Waals surface area (Å²) in [6.07, 6.45) is 4.36. The topological polar surface area (TPSA) is 301 Å². The second-order valence-corrected chi connectivity index (χ2v) is 16.9. The third kappa shape index (κ3) is 10.7. The van der Waals surface area contributed by atoms with Crippen LogP contribution in [0.2, 0.25) is 0 Å². The van der Waals surface area contributed by atoms with Crippen molar-refractivity contribution in [3.8, 4) is 23.0 Å². The van der Waals surface area contributed by atoms with Crippen molar-refractivity contribution in [2.24, 2.45) is 20.0 Å². The number of amides is 2. The fraction of sp³-hybridized carbons (Fsp3) is 0.391. The van der Waals surface area contributed by atoms with Crippen LogP contribution in [0.3, 0.4) is 0 Å². The van der Waals surface area contributed by atoms with E-state index < -0.39 is 18.1 Å². The lowest BCUT2D eigenvalue weighted by atomic mass is 10.1. The van der Waals surface area contributed by atoms with E-state index in [1.165, 1.54) is 39.1 Å². The summed E-state index contributed by atoms with van der Waals surface area (Å²) in [5.41, 5.74) is 9.82. The van der Waals surface area contributed by atoms with Crippen molar-refractivity contribution in [1.82, 2.24) is 55.2 Å². The molecular formula is C46H54N16O9. The van der Waals surface area contributed by atoms with E-state index in [1.54, 1.807) is 18.2 Å². The van der Waals surface area contributed by atoms with Gasteiger partial charge < -0.3 is 49.5 Å². The average molecular weight is 975 g/mol. The average Bonchev–Trinajstić information content (AvgIpc) is 4.18. The maximum atomic E-state index is 13.1. The van der Waals surface area contributed by atoms with Gasteiger partial charge in [0.25, 0.3) is 11.8 Å². The number of guanidine groups is 2. The van der Waals surface area contributed by atoms with Crippen LogP contribution in [0.4, 0.5) is 17.3 Å². The highest BCUT2D eigenvalue weighted by Gasteiger charge is 2.35. The van der Waals surface area contributed by atoms with Crippen molar-refractivity contribution in [3.63, 3.8) is 0 Å². The number of H-pyrrole nitrogens is 1. The number of carbonyl (C=O) groups is 2. The van der Waals surface area contributed by atoms with Crippen LogP contribution in [-0.2, 0) is 4.74 Å². The molecule has 10 rings (SSSR count). The Balaban J connectivity index is 0.000000178. The molecule has 0 aliphatic carbocycles. The van der Waals surface area contributed by atoms with Crippen LogP contribution in [0.15, 0.2) is 75.2 Å². The van der Waals surface area contributed by atoms with E-state index in [1.807, 2.05) is 40.9 Å². The highest BCUT2D eigenvalue weighted by atomic mass is 16.5. The monoisotopic (exact) mass is 974 g/mol. The fourth-order valence-electron chi connectivity index (χ4n) is 8.33. The van der Waals surface area contributed by atoms with Crippen LogP contribution in [-0.4, -0.2) is 209 Å². The van der Waals surface area contributed by atoms with Crippen molar-refractivity contribution in [1.29, 1.82) is 0 Å². The normalized spacial score (nSPS) is 16.7. The molecular weight excluding hydrogens is 921 g/mol. The predicted molar refractivity (Wildman–Crippen MR) is 260 cm³/mol. The number of methoxy groups -OCH3 is 2. The maximum Gasteiger partial charge on any atom is 0.261 e. The number of amidine groups is 2. The van der Waals surface area contributed by atoms with E-state index >= 15 is 0 Å². The van der Waals surface area contributed by atoms with Crippen molar-refractivity contribution in [3.05, 3.63) is 77.5 Å². The van der Waals surface area contributed by atoms with Crippen molar-refractivity contribution < 1.29 is 43.5 Å². The summed E-state index contributed by atoms with van der Waals surface area (Å²) in [6.45, 7) is 6.32. The smallest absolute Gasteiger partial charge is 0.261 e. The summed E-state index contributed by atoms with van der Waals surface area (Å²) < 4.78 is 28.5. The number of aliphatic hydroxyl groups is 2. The van der Waals surface area contributed by atoms with Crippen LogP contribution in [0.25, 0.3) is 11.2 Å². The molecule has 0 saturated carbocycles. The van der Waals surface area contributed by atoms with Crippen LogP contribution in [0, 0.1) is 0 Å². The number of aromatic nitrogens is 5. The summed E-state index contributed by atoms with van der Waals surface area (Å²) in [5, 5.41) is 26.4. The first kappa shape index (κ1) is 48.2. The molecule has 0 radical (unpaired) electrons. The molecule has 0 bridgehead atoms. The van der Waals surface area contributed by atoms with Crippen LogP contribution in [0.5, 0.6) is 23.0 Å². The van der Waals surface area contributed by atoms with Gasteiger partial charge in [0.15, 0.2) is 28.6 Å². The van der Waals surface area contributed by atoms with Gasteiger partial charge in [-0.2, -0.15) is 0 Å². The number of hydrogen-bond donors (Lipinski definition) is 6. The molecule has 25 nitrogen and oxygen atoms in total. The number of morpholine rings is 1. The lowest BCUT2D eigenvalue weighted by molar-refractivity contribution is 0.00445. The molecule has 0 unspecified atom stereocenters. The van der Waals surface area contributed by atoms with Gasteiger partial charge >= 0.3 is 0 Å².